The van der Waals surface area contributed by atoms with Crippen LogP contribution in [0.25, 0.3) is 0 Å². The van der Waals surface area contributed by atoms with Crippen molar-refractivity contribution in [2.75, 3.05) is 31.5 Å². The Morgan fingerprint density at radius 1 is 0.963 bits per heavy atom. The summed E-state index contributed by atoms with van der Waals surface area (Å²) in [4.78, 5) is 22.6. The van der Waals surface area contributed by atoms with Crippen molar-refractivity contribution < 1.29 is 14.3 Å². The van der Waals surface area contributed by atoms with Gasteiger partial charge in [-0.05, 0) is 24.3 Å². The van der Waals surface area contributed by atoms with Gasteiger partial charge in [0.05, 0.1) is 26.6 Å². The normalized spacial score (nSPS) is 10.2. The zero-order chi connectivity index (χ0) is 19.2. The molecule has 0 aliphatic carbocycles. The van der Waals surface area contributed by atoms with Crippen LogP contribution in [0.3, 0.4) is 0 Å². The van der Waals surface area contributed by atoms with Crippen LogP contribution in [0.2, 0.25) is 0 Å². The lowest BCUT2D eigenvalue weighted by atomic mass is 10.2. The van der Waals surface area contributed by atoms with E-state index in [0.29, 0.717) is 17.3 Å². The Bertz CT molecular complexity index is 914. The maximum Gasteiger partial charge on any atom is 0.278 e. The van der Waals surface area contributed by atoms with E-state index in [-0.39, 0.29) is 11.6 Å². The Kier molecular flexibility index (Phi) is 5.51. The maximum absolute atomic E-state index is 12.5. The summed E-state index contributed by atoms with van der Waals surface area (Å²) < 4.78 is 10.5. The highest BCUT2D eigenvalue weighted by atomic mass is 16.5. The highest BCUT2D eigenvalue weighted by Gasteiger charge is 2.15. The molecule has 0 saturated carbocycles. The largest absolute Gasteiger partial charge is 0.493 e. The van der Waals surface area contributed by atoms with Crippen LogP contribution < -0.4 is 19.7 Å². The fourth-order valence-electron chi connectivity index (χ4n) is 2.51. The summed E-state index contributed by atoms with van der Waals surface area (Å²) in [6, 6.07) is 14.8. The number of carbonyl (C=O) groups excluding carboxylic acids is 1. The molecule has 3 rings (SSSR count). The van der Waals surface area contributed by atoms with E-state index in [2.05, 4.69) is 15.3 Å². The van der Waals surface area contributed by atoms with E-state index >= 15 is 0 Å². The quantitative estimate of drug-likeness (QED) is 0.721. The fourth-order valence-corrected chi connectivity index (χ4v) is 2.51. The molecule has 0 aliphatic rings. The molecule has 7 heteroatoms. The molecule has 0 bridgehead atoms. The molecule has 1 N–H and O–H groups in total. The Morgan fingerprint density at radius 3 is 2.33 bits per heavy atom. The number of nitrogens with zero attached hydrogens (tertiary/aromatic N) is 3. The molecule has 1 heterocycles. The molecule has 7 nitrogen and oxygen atoms in total. The second-order valence-corrected chi connectivity index (χ2v) is 5.68. The molecule has 2 aromatic carbocycles. The average molecular weight is 364 g/mol. The first kappa shape index (κ1) is 18.2. The van der Waals surface area contributed by atoms with Crippen molar-refractivity contribution in [1.29, 1.82) is 0 Å². The molecule has 0 aliphatic heterocycles. The van der Waals surface area contributed by atoms with Crippen molar-refractivity contribution in [2.45, 2.75) is 0 Å². The summed E-state index contributed by atoms with van der Waals surface area (Å²) in [5.74, 6) is 1.53. The first-order chi connectivity index (χ1) is 13.1. The van der Waals surface area contributed by atoms with Gasteiger partial charge in [-0.1, -0.05) is 18.2 Å². The lowest BCUT2D eigenvalue weighted by molar-refractivity contribution is 0.0988. The van der Waals surface area contributed by atoms with Gasteiger partial charge in [0, 0.05) is 24.5 Å². The number of aromatic nitrogens is 2. The van der Waals surface area contributed by atoms with Gasteiger partial charge in [-0.2, -0.15) is 0 Å². The minimum absolute atomic E-state index is 0.230. The second kappa shape index (κ2) is 8.18. The van der Waals surface area contributed by atoms with E-state index in [0.717, 1.165) is 11.4 Å². The Labute approximate surface area is 157 Å². The third kappa shape index (κ3) is 4.14. The summed E-state index contributed by atoms with van der Waals surface area (Å²) in [6.07, 6.45) is 2.97. The van der Waals surface area contributed by atoms with E-state index in [9.17, 15) is 4.79 Å². The predicted molar refractivity (Wildman–Crippen MR) is 104 cm³/mol. The van der Waals surface area contributed by atoms with E-state index in [1.165, 1.54) is 17.3 Å². The molecule has 0 unspecified atom stereocenters. The highest BCUT2D eigenvalue weighted by Crippen LogP contribution is 2.30. The van der Waals surface area contributed by atoms with Crippen LogP contribution in [-0.2, 0) is 0 Å². The molecule has 0 fully saturated rings. The monoisotopic (exact) mass is 364 g/mol. The lowest BCUT2D eigenvalue weighted by Gasteiger charge is -2.16. The second-order valence-electron chi connectivity index (χ2n) is 5.68. The van der Waals surface area contributed by atoms with Gasteiger partial charge in [0.1, 0.15) is 11.5 Å². The Hall–Kier alpha value is -3.61. The van der Waals surface area contributed by atoms with E-state index in [1.54, 1.807) is 33.4 Å². The molecule has 0 spiro atoms. The van der Waals surface area contributed by atoms with Crippen molar-refractivity contribution in [1.82, 2.24) is 9.97 Å². The average Bonchev–Trinajstić information content (AvgIpc) is 2.73. The first-order valence-electron chi connectivity index (χ1n) is 8.26. The summed E-state index contributed by atoms with van der Waals surface area (Å²) in [6.45, 7) is 0. The number of rotatable bonds is 6. The number of methoxy groups -OCH3 is 2. The summed E-state index contributed by atoms with van der Waals surface area (Å²) >= 11 is 0. The number of benzene rings is 2. The zero-order valence-corrected chi connectivity index (χ0v) is 15.3. The predicted octanol–water partition coefficient (Wildman–Crippen LogP) is 3.51. The standard InChI is InChI=1S/C20H20N4O3/c1-24(15-7-5-4-6-8-15)20(25)16-12-22-19(13-21-16)23-14-9-10-17(26-2)18(11-14)27-3/h4-13H,1-3H3,(H,22,23). The molecule has 0 radical (unpaired) electrons. The molecule has 1 amide bonds. The minimum atomic E-state index is -0.230. The number of amides is 1. The summed E-state index contributed by atoms with van der Waals surface area (Å²) in [7, 11) is 4.86. The van der Waals surface area contributed by atoms with Gasteiger partial charge >= 0.3 is 0 Å². The van der Waals surface area contributed by atoms with Crippen LogP contribution in [0.5, 0.6) is 11.5 Å². The van der Waals surface area contributed by atoms with Crippen molar-refractivity contribution >= 4 is 23.1 Å². The smallest absolute Gasteiger partial charge is 0.278 e. The van der Waals surface area contributed by atoms with Crippen LogP contribution in [0.1, 0.15) is 10.5 Å². The van der Waals surface area contributed by atoms with Crippen LogP contribution >= 0.6 is 0 Å². The maximum atomic E-state index is 12.5. The first-order valence-corrected chi connectivity index (χ1v) is 8.26. The van der Waals surface area contributed by atoms with Crippen molar-refractivity contribution in [3.63, 3.8) is 0 Å². The summed E-state index contributed by atoms with van der Waals surface area (Å²) in [5, 5.41) is 3.12. The molecular weight excluding hydrogens is 344 g/mol. The van der Waals surface area contributed by atoms with E-state index < -0.39 is 0 Å². The number of hydrogen-bond acceptors (Lipinski definition) is 6. The number of anilines is 3. The van der Waals surface area contributed by atoms with Gasteiger partial charge in [-0.15, -0.1) is 0 Å². The van der Waals surface area contributed by atoms with Crippen molar-refractivity contribution in [3.05, 3.63) is 66.6 Å². The molecule has 27 heavy (non-hydrogen) atoms. The number of ether oxygens (including phenoxy) is 2. The zero-order valence-electron chi connectivity index (χ0n) is 15.3. The van der Waals surface area contributed by atoms with Crippen LogP contribution in [0.15, 0.2) is 60.9 Å². The topological polar surface area (TPSA) is 76.6 Å². The summed E-state index contributed by atoms with van der Waals surface area (Å²) in [5.41, 5.74) is 1.82. The molecular formula is C20H20N4O3. The van der Waals surface area contributed by atoms with Crippen LogP contribution in [0.4, 0.5) is 17.2 Å². The molecule has 1 aromatic heterocycles. The van der Waals surface area contributed by atoms with Gasteiger partial charge in [-0.25, -0.2) is 9.97 Å². The van der Waals surface area contributed by atoms with Crippen molar-refractivity contribution in [2.24, 2.45) is 0 Å². The SMILES string of the molecule is COc1ccc(Nc2cnc(C(=O)N(C)c3ccccc3)cn2)cc1OC. The van der Waals surface area contributed by atoms with Gasteiger partial charge in [0.25, 0.3) is 5.91 Å². The number of carbonyl (C=O) groups is 1. The van der Waals surface area contributed by atoms with Gasteiger partial charge in [0.15, 0.2) is 11.5 Å². The third-order valence-corrected chi connectivity index (χ3v) is 3.98. The van der Waals surface area contributed by atoms with Crippen LogP contribution in [-0.4, -0.2) is 37.1 Å². The van der Waals surface area contributed by atoms with Gasteiger partial charge in [0.2, 0.25) is 0 Å². The van der Waals surface area contributed by atoms with Crippen LogP contribution in [0, 0.1) is 0 Å². The molecule has 0 saturated heterocycles. The van der Waals surface area contributed by atoms with Gasteiger partial charge < -0.3 is 19.7 Å². The van der Waals surface area contributed by atoms with E-state index in [4.69, 9.17) is 9.47 Å². The molecule has 138 valence electrons. The number of hydrogen-bond donors (Lipinski definition) is 1. The molecule has 0 atom stereocenters. The number of para-hydroxylation sites is 1. The number of nitrogens with one attached hydrogen (secondary N) is 1. The van der Waals surface area contributed by atoms with E-state index in [1.807, 2.05) is 36.4 Å². The lowest BCUT2D eigenvalue weighted by Crippen LogP contribution is -2.27. The fraction of sp³-hybridized carbons (Fsp3) is 0.150. The van der Waals surface area contributed by atoms with Gasteiger partial charge in [-0.3, -0.25) is 4.79 Å². The Balaban J connectivity index is 1.73. The van der Waals surface area contributed by atoms with Crippen molar-refractivity contribution in [3.8, 4) is 11.5 Å². The third-order valence-electron chi connectivity index (χ3n) is 3.98. The molecule has 3 aromatic rings. The highest BCUT2D eigenvalue weighted by molar-refractivity contribution is 6.04. The Morgan fingerprint density at radius 2 is 1.70 bits per heavy atom. The minimum Gasteiger partial charge on any atom is -0.493 e.